The number of benzene rings is 7. The van der Waals surface area contributed by atoms with Crippen molar-refractivity contribution in [2.75, 3.05) is 9.80 Å². The standard InChI is InChI=1S/C58H51N4O.Pt/c1-56(2,3)42-33-34-59-54(36-42)62-52-30-18-27-49(58(6,7)41-21-12-9-13-22-41)55(52)48-32-31-47(38-53(48)62)63-46-26-17-25-45(37-46)61-39-60(50-28-14-15-29-51(50)61)44-24-16-23-43(35-44)57(4,5)40-19-10-8-11-20-40;/h8-36,39H,1-7H3;/q-3;. The fraction of sp³-hybridized carbons (Fsp3) is 0.172. The van der Waals surface area contributed by atoms with Gasteiger partial charge in [-0.3, -0.25) is 0 Å². The van der Waals surface area contributed by atoms with Crippen LogP contribution in [0.2, 0.25) is 0 Å². The maximum atomic E-state index is 6.71. The van der Waals surface area contributed by atoms with E-state index in [1.165, 1.54) is 33.2 Å². The predicted molar refractivity (Wildman–Crippen MR) is 260 cm³/mol. The first-order valence-electron chi connectivity index (χ1n) is 21.8. The number of pyridine rings is 1. The van der Waals surface area contributed by atoms with Crippen molar-refractivity contribution in [2.45, 2.75) is 64.7 Å². The van der Waals surface area contributed by atoms with Crippen LogP contribution in [0, 0.1) is 18.8 Å². The summed E-state index contributed by atoms with van der Waals surface area (Å²) in [5, 5.41) is 2.28. The van der Waals surface area contributed by atoms with Crippen molar-refractivity contribution in [3.05, 3.63) is 223 Å². The van der Waals surface area contributed by atoms with E-state index in [0.717, 1.165) is 45.0 Å². The minimum Gasteiger partial charge on any atom is -0.509 e. The summed E-state index contributed by atoms with van der Waals surface area (Å²) in [6.07, 6.45) is 1.92. The smallest absolute Gasteiger partial charge is 0.135 e. The van der Waals surface area contributed by atoms with Crippen LogP contribution in [-0.4, -0.2) is 9.55 Å². The Morgan fingerprint density at radius 2 is 1.16 bits per heavy atom. The van der Waals surface area contributed by atoms with E-state index < -0.39 is 0 Å². The molecule has 64 heavy (non-hydrogen) atoms. The molecule has 0 bridgehead atoms. The Labute approximate surface area is 392 Å². The average Bonchev–Trinajstić information content (AvgIpc) is 3.86. The fourth-order valence-corrected chi connectivity index (χ4v) is 9.14. The van der Waals surface area contributed by atoms with E-state index in [4.69, 9.17) is 9.72 Å². The summed E-state index contributed by atoms with van der Waals surface area (Å²) in [6.45, 7) is 18.1. The summed E-state index contributed by atoms with van der Waals surface area (Å²) >= 11 is 0. The van der Waals surface area contributed by atoms with Crippen molar-refractivity contribution in [3.8, 4) is 17.3 Å². The Hall–Kier alpha value is -6.42. The molecular weight excluding hydrogens is 964 g/mol. The third-order valence-corrected chi connectivity index (χ3v) is 12.9. The van der Waals surface area contributed by atoms with Crippen LogP contribution in [0.1, 0.15) is 76.3 Å². The summed E-state index contributed by atoms with van der Waals surface area (Å²) in [6, 6.07) is 67.4. The molecular formula is C58H51N4OPt-3. The second-order valence-corrected chi connectivity index (χ2v) is 18.7. The van der Waals surface area contributed by atoms with Gasteiger partial charge < -0.3 is 19.1 Å². The molecule has 6 heteroatoms. The van der Waals surface area contributed by atoms with Crippen LogP contribution in [0.5, 0.6) is 11.5 Å². The molecule has 0 amide bonds. The second-order valence-electron chi connectivity index (χ2n) is 18.7. The summed E-state index contributed by atoms with van der Waals surface area (Å²) in [7, 11) is 0. The van der Waals surface area contributed by atoms with Crippen molar-refractivity contribution in [1.82, 2.24) is 9.55 Å². The third-order valence-electron chi connectivity index (χ3n) is 12.9. The molecule has 9 aromatic rings. The number of hydrogen-bond acceptors (Lipinski definition) is 4. The minimum absolute atomic E-state index is 0. The summed E-state index contributed by atoms with van der Waals surface area (Å²) in [5.41, 5.74) is 11.9. The molecule has 0 fully saturated rings. The number of aromatic nitrogens is 2. The molecule has 2 aromatic heterocycles. The van der Waals surface area contributed by atoms with Gasteiger partial charge in [0.05, 0.1) is 0 Å². The van der Waals surface area contributed by atoms with Gasteiger partial charge in [-0.2, -0.15) is 12.1 Å². The third kappa shape index (κ3) is 7.60. The van der Waals surface area contributed by atoms with Crippen LogP contribution in [0.3, 0.4) is 0 Å². The first-order valence-corrected chi connectivity index (χ1v) is 21.8. The van der Waals surface area contributed by atoms with Gasteiger partial charge in [-0.1, -0.05) is 151 Å². The van der Waals surface area contributed by atoms with Crippen LogP contribution in [-0.2, 0) is 37.3 Å². The molecule has 0 saturated heterocycles. The van der Waals surface area contributed by atoms with E-state index in [9.17, 15) is 0 Å². The van der Waals surface area contributed by atoms with E-state index in [-0.39, 0.29) is 37.3 Å². The topological polar surface area (TPSA) is 33.5 Å². The minimum atomic E-state index is -0.270. The Kier molecular flexibility index (Phi) is 11.1. The van der Waals surface area contributed by atoms with Crippen LogP contribution in [0.25, 0.3) is 27.6 Å². The Morgan fingerprint density at radius 1 is 0.531 bits per heavy atom. The number of fused-ring (bicyclic) bond motifs is 4. The molecule has 1 aliphatic rings. The average molecular weight is 1020 g/mol. The molecule has 7 aromatic carbocycles. The number of hydrogen-bond donors (Lipinski definition) is 0. The zero-order chi connectivity index (χ0) is 43.5. The molecule has 0 radical (unpaired) electrons. The Balaban J connectivity index is 0.00000518. The number of ether oxygens (including phenoxy) is 1. The molecule has 0 saturated carbocycles. The van der Waals surface area contributed by atoms with Gasteiger partial charge in [-0.15, -0.1) is 48.1 Å². The number of nitrogens with zero attached hydrogens (tertiary/aromatic N) is 4. The molecule has 5 nitrogen and oxygen atoms in total. The van der Waals surface area contributed by atoms with Gasteiger partial charge in [0.1, 0.15) is 5.82 Å². The van der Waals surface area contributed by atoms with Crippen molar-refractivity contribution in [2.24, 2.45) is 0 Å². The van der Waals surface area contributed by atoms with Crippen LogP contribution in [0.15, 0.2) is 176 Å². The molecule has 0 N–H and O–H groups in total. The van der Waals surface area contributed by atoms with Gasteiger partial charge in [0.15, 0.2) is 0 Å². The zero-order valence-electron chi connectivity index (χ0n) is 37.3. The van der Waals surface area contributed by atoms with Crippen molar-refractivity contribution >= 4 is 44.6 Å². The van der Waals surface area contributed by atoms with Crippen LogP contribution in [0.4, 0.5) is 22.7 Å². The summed E-state index contributed by atoms with van der Waals surface area (Å²) in [4.78, 5) is 9.42. The van der Waals surface area contributed by atoms with Gasteiger partial charge in [-0.05, 0) is 81.1 Å². The van der Waals surface area contributed by atoms with Crippen molar-refractivity contribution in [1.29, 1.82) is 0 Å². The van der Waals surface area contributed by atoms with Gasteiger partial charge >= 0.3 is 0 Å². The van der Waals surface area contributed by atoms with E-state index in [2.05, 4.69) is 233 Å². The van der Waals surface area contributed by atoms with Gasteiger partial charge in [0.2, 0.25) is 0 Å². The largest absolute Gasteiger partial charge is 0.509 e. The number of para-hydroxylation sites is 2. The molecule has 322 valence electrons. The van der Waals surface area contributed by atoms with Crippen LogP contribution < -0.4 is 14.5 Å². The number of rotatable bonds is 9. The van der Waals surface area contributed by atoms with Crippen molar-refractivity contribution < 1.29 is 25.8 Å². The first-order chi connectivity index (χ1) is 30.4. The molecule has 0 atom stereocenters. The molecule has 1 aliphatic heterocycles. The quantitative estimate of drug-likeness (QED) is 0.135. The molecule has 0 unspecified atom stereocenters. The van der Waals surface area contributed by atoms with E-state index in [0.29, 0.717) is 11.5 Å². The molecule has 3 heterocycles. The predicted octanol–water partition coefficient (Wildman–Crippen LogP) is 14.9. The maximum absolute atomic E-state index is 6.71. The van der Waals surface area contributed by atoms with E-state index in [1.54, 1.807) is 0 Å². The van der Waals surface area contributed by atoms with Gasteiger partial charge in [0, 0.05) is 72.2 Å². The normalized spacial score (nSPS) is 13.0. The molecule has 0 spiro atoms. The molecule has 0 aliphatic carbocycles. The zero-order valence-corrected chi connectivity index (χ0v) is 39.6. The van der Waals surface area contributed by atoms with E-state index >= 15 is 0 Å². The van der Waals surface area contributed by atoms with Crippen LogP contribution >= 0.6 is 0 Å². The molecule has 10 rings (SSSR count). The second kappa shape index (κ2) is 16.6. The number of anilines is 4. The maximum Gasteiger partial charge on any atom is 0.135 e. The SMILES string of the molecule is CC(C)(C)c1ccnc(-n2c3[c-]c(Oc4[c-]c(N5[CH-]N(c6cccc(C(C)(C)c7ccccc7)c6)c6ccccc65)ccc4)ccc3c3c(C(C)(C)c4ccccc4)cccc32)c1.[Pt]. The van der Waals surface area contributed by atoms with Gasteiger partial charge in [-0.25, -0.2) is 4.98 Å². The fourth-order valence-electron chi connectivity index (χ4n) is 9.14. The monoisotopic (exact) mass is 1010 g/mol. The van der Waals surface area contributed by atoms with E-state index in [1.807, 2.05) is 24.4 Å². The Morgan fingerprint density at radius 3 is 1.88 bits per heavy atom. The Bertz CT molecular complexity index is 3130. The summed E-state index contributed by atoms with van der Waals surface area (Å²) in [5.74, 6) is 2.04. The summed E-state index contributed by atoms with van der Waals surface area (Å²) < 4.78 is 8.96. The van der Waals surface area contributed by atoms with Crippen molar-refractivity contribution in [3.63, 3.8) is 0 Å². The first kappa shape index (κ1) is 42.9. The van der Waals surface area contributed by atoms with Gasteiger partial charge in [0.25, 0.3) is 0 Å².